The molecular formula is C13H14BrN3S. The number of halogens is 1. The highest BCUT2D eigenvalue weighted by Gasteiger charge is 2.06. The van der Waals surface area contributed by atoms with Crippen molar-refractivity contribution in [1.82, 2.24) is 9.97 Å². The summed E-state index contributed by atoms with van der Waals surface area (Å²) in [6.07, 6.45) is 4.52. The number of aromatic nitrogens is 2. The van der Waals surface area contributed by atoms with E-state index >= 15 is 0 Å². The van der Waals surface area contributed by atoms with E-state index in [2.05, 4.69) is 32.8 Å². The fourth-order valence-corrected chi connectivity index (χ4v) is 2.68. The Morgan fingerprint density at radius 3 is 2.78 bits per heavy atom. The van der Waals surface area contributed by atoms with Gasteiger partial charge in [0.05, 0.1) is 10.2 Å². The Morgan fingerprint density at radius 1 is 1.33 bits per heavy atom. The van der Waals surface area contributed by atoms with Gasteiger partial charge in [-0.1, -0.05) is 18.7 Å². The topological polar surface area (TPSA) is 51.8 Å². The van der Waals surface area contributed by atoms with Crippen molar-refractivity contribution in [3.63, 3.8) is 0 Å². The van der Waals surface area contributed by atoms with Gasteiger partial charge >= 0.3 is 0 Å². The summed E-state index contributed by atoms with van der Waals surface area (Å²) in [5, 5.41) is 0.937. The summed E-state index contributed by atoms with van der Waals surface area (Å²) < 4.78 is 0.990. The summed E-state index contributed by atoms with van der Waals surface area (Å²) in [5.41, 5.74) is 6.86. The van der Waals surface area contributed by atoms with E-state index in [1.807, 2.05) is 30.5 Å². The molecule has 2 heterocycles. The first-order valence-corrected chi connectivity index (χ1v) is 7.31. The highest BCUT2D eigenvalue weighted by atomic mass is 79.9. The van der Waals surface area contributed by atoms with Crippen LogP contribution in [-0.4, -0.2) is 9.97 Å². The van der Waals surface area contributed by atoms with E-state index in [9.17, 15) is 0 Å². The van der Waals surface area contributed by atoms with Crippen LogP contribution in [0, 0.1) is 0 Å². The Morgan fingerprint density at radius 2 is 2.17 bits per heavy atom. The van der Waals surface area contributed by atoms with Crippen LogP contribution in [0.1, 0.15) is 25.1 Å². The monoisotopic (exact) mass is 323 g/mol. The van der Waals surface area contributed by atoms with Crippen molar-refractivity contribution in [3.8, 4) is 0 Å². The van der Waals surface area contributed by atoms with Gasteiger partial charge in [-0.3, -0.25) is 4.98 Å². The molecule has 5 heteroatoms. The molecule has 0 amide bonds. The average molecular weight is 324 g/mol. The molecule has 2 aromatic heterocycles. The molecule has 2 rings (SSSR count). The Balaban J connectivity index is 2.14. The molecular weight excluding hydrogens is 310 g/mol. The molecule has 0 saturated carbocycles. The molecule has 94 valence electrons. The molecule has 0 saturated heterocycles. The maximum absolute atomic E-state index is 5.93. The van der Waals surface area contributed by atoms with Gasteiger partial charge in [-0.2, -0.15) is 0 Å². The van der Waals surface area contributed by atoms with E-state index in [4.69, 9.17) is 5.73 Å². The molecule has 0 fully saturated rings. The second-order valence-corrected chi connectivity index (χ2v) is 5.74. The zero-order valence-electron chi connectivity index (χ0n) is 10.0. The standard InChI is InChI=1S/C13H14BrN3S/c1-2-11(15)12-6-5-9(8-17-12)18-13-10(14)4-3-7-16-13/h3-8,11H,2,15H2,1H3/t11-/m0/s1. The van der Waals surface area contributed by atoms with Gasteiger partial charge in [0.2, 0.25) is 0 Å². The largest absolute Gasteiger partial charge is 0.323 e. The fourth-order valence-electron chi connectivity index (χ4n) is 1.44. The van der Waals surface area contributed by atoms with Gasteiger partial charge in [0.25, 0.3) is 0 Å². The molecule has 0 spiro atoms. The van der Waals surface area contributed by atoms with Crippen molar-refractivity contribution in [2.24, 2.45) is 5.73 Å². The zero-order chi connectivity index (χ0) is 13.0. The number of nitrogens with zero attached hydrogens (tertiary/aromatic N) is 2. The molecule has 0 aliphatic carbocycles. The van der Waals surface area contributed by atoms with Gasteiger partial charge in [-0.05, 0) is 46.6 Å². The van der Waals surface area contributed by atoms with Crippen molar-refractivity contribution in [2.45, 2.75) is 29.3 Å². The molecule has 0 aliphatic rings. The lowest BCUT2D eigenvalue weighted by molar-refractivity contribution is 0.674. The second-order valence-electron chi connectivity index (χ2n) is 3.83. The van der Waals surface area contributed by atoms with E-state index < -0.39 is 0 Å². The van der Waals surface area contributed by atoms with Gasteiger partial charge in [-0.25, -0.2) is 4.98 Å². The van der Waals surface area contributed by atoms with Crippen LogP contribution in [0.3, 0.4) is 0 Å². The van der Waals surface area contributed by atoms with Crippen LogP contribution in [0.4, 0.5) is 0 Å². The van der Waals surface area contributed by atoms with Gasteiger partial charge in [-0.15, -0.1) is 0 Å². The van der Waals surface area contributed by atoms with Gasteiger partial charge in [0, 0.05) is 23.3 Å². The van der Waals surface area contributed by atoms with Crippen LogP contribution >= 0.6 is 27.7 Å². The number of hydrogen-bond donors (Lipinski definition) is 1. The second kappa shape index (κ2) is 6.31. The summed E-state index contributed by atoms with van der Waals surface area (Å²) in [5.74, 6) is 0. The minimum absolute atomic E-state index is 0.0191. The Bertz CT molecular complexity index is 516. The Hall–Kier alpha value is -0.910. The van der Waals surface area contributed by atoms with Crippen molar-refractivity contribution < 1.29 is 0 Å². The molecule has 0 radical (unpaired) electrons. The lowest BCUT2D eigenvalue weighted by Gasteiger charge is -2.08. The molecule has 2 aromatic rings. The minimum Gasteiger partial charge on any atom is -0.323 e. The molecule has 0 unspecified atom stereocenters. The van der Waals surface area contributed by atoms with Crippen LogP contribution in [0.2, 0.25) is 0 Å². The van der Waals surface area contributed by atoms with Crippen LogP contribution in [0.25, 0.3) is 0 Å². The smallest absolute Gasteiger partial charge is 0.115 e. The van der Waals surface area contributed by atoms with E-state index in [-0.39, 0.29) is 6.04 Å². The molecule has 1 atom stereocenters. The highest BCUT2D eigenvalue weighted by Crippen LogP contribution is 2.31. The van der Waals surface area contributed by atoms with Gasteiger partial charge in [0.1, 0.15) is 5.03 Å². The summed E-state index contributed by atoms with van der Waals surface area (Å²) in [6.45, 7) is 2.06. The van der Waals surface area contributed by atoms with E-state index in [1.54, 1.807) is 18.0 Å². The lowest BCUT2D eigenvalue weighted by atomic mass is 10.1. The Labute approximate surface area is 119 Å². The van der Waals surface area contributed by atoms with Crippen molar-refractivity contribution in [2.75, 3.05) is 0 Å². The van der Waals surface area contributed by atoms with E-state index in [1.165, 1.54) is 0 Å². The number of hydrogen-bond acceptors (Lipinski definition) is 4. The lowest BCUT2D eigenvalue weighted by Crippen LogP contribution is -2.10. The molecule has 0 aromatic carbocycles. The van der Waals surface area contributed by atoms with Crippen LogP contribution in [-0.2, 0) is 0 Å². The third-order valence-electron chi connectivity index (χ3n) is 2.52. The van der Waals surface area contributed by atoms with Crippen molar-refractivity contribution in [3.05, 3.63) is 46.8 Å². The normalized spacial score (nSPS) is 12.4. The predicted octanol–water partition coefficient (Wildman–Crippen LogP) is 3.80. The number of pyridine rings is 2. The summed E-state index contributed by atoms with van der Waals surface area (Å²) >= 11 is 5.06. The third-order valence-corrected chi connectivity index (χ3v) is 4.42. The molecule has 3 nitrogen and oxygen atoms in total. The van der Waals surface area contributed by atoms with E-state index in [0.29, 0.717) is 0 Å². The van der Waals surface area contributed by atoms with Gasteiger partial charge < -0.3 is 5.73 Å². The molecule has 18 heavy (non-hydrogen) atoms. The molecule has 0 bridgehead atoms. The average Bonchev–Trinajstić information content (AvgIpc) is 2.41. The van der Waals surface area contributed by atoms with Gasteiger partial charge in [0.15, 0.2) is 0 Å². The maximum atomic E-state index is 5.93. The summed E-state index contributed by atoms with van der Waals surface area (Å²) in [4.78, 5) is 9.75. The Kier molecular flexibility index (Phi) is 4.74. The fraction of sp³-hybridized carbons (Fsp3) is 0.231. The van der Waals surface area contributed by atoms with Crippen molar-refractivity contribution >= 4 is 27.7 Å². The van der Waals surface area contributed by atoms with E-state index in [0.717, 1.165) is 26.5 Å². The first-order valence-electron chi connectivity index (χ1n) is 5.70. The highest BCUT2D eigenvalue weighted by molar-refractivity contribution is 9.10. The summed E-state index contributed by atoms with van der Waals surface area (Å²) in [6, 6.07) is 7.90. The first kappa shape index (κ1) is 13.5. The quantitative estimate of drug-likeness (QED) is 0.929. The van der Waals surface area contributed by atoms with Crippen LogP contribution in [0.15, 0.2) is 51.1 Å². The zero-order valence-corrected chi connectivity index (χ0v) is 12.4. The van der Waals surface area contributed by atoms with Crippen LogP contribution in [0.5, 0.6) is 0 Å². The number of nitrogens with two attached hydrogens (primary N) is 1. The molecule has 0 aliphatic heterocycles. The predicted molar refractivity (Wildman–Crippen MR) is 77.5 cm³/mol. The molecule has 2 N–H and O–H groups in total. The first-order chi connectivity index (χ1) is 8.70. The summed E-state index contributed by atoms with van der Waals surface area (Å²) in [7, 11) is 0. The van der Waals surface area contributed by atoms with Crippen molar-refractivity contribution in [1.29, 1.82) is 0 Å². The maximum Gasteiger partial charge on any atom is 0.115 e. The van der Waals surface area contributed by atoms with Crippen LogP contribution < -0.4 is 5.73 Å². The number of rotatable bonds is 4. The SMILES string of the molecule is CC[C@H](N)c1ccc(Sc2ncccc2Br)cn1. The third kappa shape index (κ3) is 3.31. The minimum atomic E-state index is 0.0191.